The molecular weight excluding hydrogens is 359 g/mol. The number of nitrogens with zero attached hydrogens (tertiary/aromatic N) is 3. The first-order valence-electron chi connectivity index (χ1n) is 8.60. The molecule has 0 atom stereocenters. The number of halogens is 1. The molecule has 0 saturated carbocycles. The maximum absolute atomic E-state index is 15.3. The number of carbonyl (C=O) groups is 1. The number of carbonyl (C=O) groups excluding carboxylic acids is 1. The predicted octanol–water partition coefficient (Wildman–Crippen LogP) is 3.26. The smallest absolute Gasteiger partial charge is 0.252 e. The van der Waals surface area contributed by atoms with E-state index >= 15 is 4.39 Å². The third-order valence-electron chi connectivity index (χ3n) is 4.60. The zero-order valence-corrected chi connectivity index (χ0v) is 15.1. The molecule has 0 fully saturated rings. The number of fused-ring (bicyclic) bond motifs is 1. The van der Waals surface area contributed by atoms with Crippen LogP contribution in [0.5, 0.6) is 5.75 Å². The van der Waals surface area contributed by atoms with Gasteiger partial charge in [-0.15, -0.1) is 0 Å². The van der Waals surface area contributed by atoms with Gasteiger partial charge in [0.2, 0.25) is 0 Å². The van der Waals surface area contributed by atoms with E-state index in [2.05, 4.69) is 9.97 Å². The molecule has 4 aromatic rings. The number of hydrogen-bond acceptors (Lipinski definition) is 4. The molecule has 7 heteroatoms. The summed E-state index contributed by atoms with van der Waals surface area (Å²) in [6.07, 6.45) is 5.12. The zero-order chi connectivity index (χ0) is 19.7. The van der Waals surface area contributed by atoms with Gasteiger partial charge in [-0.25, -0.2) is 14.4 Å². The molecule has 0 aliphatic carbocycles. The molecule has 0 unspecified atom stereocenters. The van der Waals surface area contributed by atoms with Gasteiger partial charge >= 0.3 is 0 Å². The summed E-state index contributed by atoms with van der Waals surface area (Å²) in [5.74, 6) is -1.08. The van der Waals surface area contributed by atoms with E-state index in [4.69, 9.17) is 10.5 Å². The summed E-state index contributed by atoms with van der Waals surface area (Å²) in [6.45, 7) is 0. The third-order valence-corrected chi connectivity index (χ3v) is 4.60. The summed E-state index contributed by atoms with van der Waals surface area (Å²) in [5.41, 5.74) is 8.52. The van der Waals surface area contributed by atoms with Gasteiger partial charge in [-0.05, 0) is 17.7 Å². The van der Waals surface area contributed by atoms with Crippen LogP contribution in [0.15, 0.2) is 61.2 Å². The summed E-state index contributed by atoms with van der Waals surface area (Å²) in [6, 6.07) is 12.4. The minimum Gasteiger partial charge on any atom is -0.496 e. The summed E-state index contributed by atoms with van der Waals surface area (Å²) in [4.78, 5) is 20.1. The summed E-state index contributed by atoms with van der Waals surface area (Å²) >= 11 is 0. The molecule has 2 aromatic carbocycles. The van der Waals surface area contributed by atoms with E-state index in [1.54, 1.807) is 23.0 Å². The second-order valence-corrected chi connectivity index (χ2v) is 6.27. The van der Waals surface area contributed by atoms with E-state index in [9.17, 15) is 4.79 Å². The van der Waals surface area contributed by atoms with Crippen LogP contribution < -0.4 is 10.5 Å². The van der Waals surface area contributed by atoms with Gasteiger partial charge < -0.3 is 15.0 Å². The van der Waals surface area contributed by atoms with Gasteiger partial charge in [-0.3, -0.25) is 4.79 Å². The van der Waals surface area contributed by atoms with E-state index in [1.165, 1.54) is 13.4 Å². The Morgan fingerprint density at radius 2 is 2.04 bits per heavy atom. The van der Waals surface area contributed by atoms with Crippen molar-refractivity contribution in [2.24, 2.45) is 5.73 Å². The number of aromatic nitrogens is 3. The Hall–Kier alpha value is -3.74. The number of methoxy groups -OCH3 is 1. The maximum Gasteiger partial charge on any atom is 0.252 e. The normalized spacial score (nSPS) is 10.9. The second kappa shape index (κ2) is 7.11. The van der Waals surface area contributed by atoms with E-state index in [0.717, 1.165) is 11.6 Å². The highest BCUT2D eigenvalue weighted by atomic mass is 19.1. The fourth-order valence-electron chi connectivity index (χ4n) is 3.38. The Bertz CT molecular complexity index is 1170. The maximum atomic E-state index is 15.3. The lowest BCUT2D eigenvalue weighted by molar-refractivity contribution is 0.0996. The van der Waals surface area contributed by atoms with Crippen molar-refractivity contribution in [2.75, 3.05) is 7.11 Å². The average Bonchev–Trinajstić information content (AvgIpc) is 3.12. The third kappa shape index (κ3) is 2.96. The Morgan fingerprint density at radius 3 is 2.75 bits per heavy atom. The first-order chi connectivity index (χ1) is 13.6. The monoisotopic (exact) mass is 376 g/mol. The van der Waals surface area contributed by atoms with Gasteiger partial charge in [0.15, 0.2) is 0 Å². The molecule has 0 aliphatic heterocycles. The first kappa shape index (κ1) is 17.7. The number of nitrogens with two attached hydrogens (primary N) is 1. The molecule has 2 N–H and O–H groups in total. The molecule has 0 radical (unpaired) electrons. The molecule has 0 saturated heterocycles. The van der Waals surface area contributed by atoms with Gasteiger partial charge in [0.25, 0.3) is 5.91 Å². The van der Waals surface area contributed by atoms with Crippen molar-refractivity contribution in [3.63, 3.8) is 0 Å². The summed E-state index contributed by atoms with van der Waals surface area (Å²) in [5, 5.41) is 0. The van der Waals surface area contributed by atoms with Crippen molar-refractivity contribution < 1.29 is 13.9 Å². The number of hydrogen-bond donors (Lipinski definition) is 1. The van der Waals surface area contributed by atoms with Crippen LogP contribution in [0.1, 0.15) is 21.5 Å². The molecule has 1 amide bonds. The number of amides is 1. The quantitative estimate of drug-likeness (QED) is 0.580. The van der Waals surface area contributed by atoms with Crippen LogP contribution in [-0.4, -0.2) is 27.6 Å². The molecule has 140 valence electrons. The standard InChI is InChI=1S/C21H17FN4O2/c1-28-20-14(9-13-5-3-2-4-6-13)19(16(22)10-15(20)21(23)27)26-8-7-17-18(26)11-24-12-25-17/h2-8,10-12H,9H2,1H3,(H2,23,27). The highest BCUT2D eigenvalue weighted by Gasteiger charge is 2.24. The van der Waals surface area contributed by atoms with E-state index in [-0.39, 0.29) is 17.0 Å². The van der Waals surface area contributed by atoms with Crippen LogP contribution in [0.4, 0.5) is 4.39 Å². The molecule has 2 heterocycles. The van der Waals surface area contributed by atoms with Crippen molar-refractivity contribution in [2.45, 2.75) is 6.42 Å². The van der Waals surface area contributed by atoms with Gasteiger partial charge in [0.1, 0.15) is 17.9 Å². The van der Waals surface area contributed by atoms with Crippen LogP contribution in [0.3, 0.4) is 0 Å². The Kier molecular flexibility index (Phi) is 4.49. The molecule has 6 nitrogen and oxygen atoms in total. The lowest BCUT2D eigenvalue weighted by atomic mass is 9.98. The van der Waals surface area contributed by atoms with Crippen molar-refractivity contribution in [3.05, 3.63) is 83.7 Å². The van der Waals surface area contributed by atoms with E-state index in [0.29, 0.717) is 23.0 Å². The number of rotatable bonds is 5. The topological polar surface area (TPSA) is 83.0 Å². The van der Waals surface area contributed by atoms with Crippen molar-refractivity contribution in [1.82, 2.24) is 14.5 Å². The van der Waals surface area contributed by atoms with Gasteiger partial charge in [-0.2, -0.15) is 0 Å². The van der Waals surface area contributed by atoms with Crippen LogP contribution >= 0.6 is 0 Å². The van der Waals surface area contributed by atoms with Crippen molar-refractivity contribution in [1.29, 1.82) is 0 Å². The van der Waals surface area contributed by atoms with Gasteiger partial charge in [-0.1, -0.05) is 30.3 Å². The number of benzene rings is 2. The molecule has 28 heavy (non-hydrogen) atoms. The minimum absolute atomic E-state index is 0.00222. The highest BCUT2D eigenvalue weighted by molar-refractivity contribution is 5.97. The van der Waals surface area contributed by atoms with Crippen molar-refractivity contribution in [3.8, 4) is 11.4 Å². The molecule has 0 spiro atoms. The van der Waals surface area contributed by atoms with Crippen molar-refractivity contribution >= 4 is 16.9 Å². The Morgan fingerprint density at radius 1 is 1.25 bits per heavy atom. The zero-order valence-electron chi connectivity index (χ0n) is 15.1. The highest BCUT2D eigenvalue weighted by Crippen LogP contribution is 2.35. The second-order valence-electron chi connectivity index (χ2n) is 6.27. The average molecular weight is 376 g/mol. The molecule has 0 bridgehead atoms. The molecular formula is C21H17FN4O2. The minimum atomic E-state index is -0.752. The lowest BCUT2D eigenvalue weighted by Gasteiger charge is -2.19. The van der Waals surface area contributed by atoms with Crippen LogP contribution in [0.25, 0.3) is 16.7 Å². The van der Waals surface area contributed by atoms with Crippen LogP contribution in [0, 0.1) is 5.82 Å². The Labute approximate surface area is 160 Å². The van der Waals surface area contributed by atoms with Gasteiger partial charge in [0.05, 0.1) is 35.6 Å². The largest absolute Gasteiger partial charge is 0.496 e. The lowest BCUT2D eigenvalue weighted by Crippen LogP contribution is -2.16. The predicted molar refractivity (Wildman–Crippen MR) is 103 cm³/mol. The molecule has 2 aromatic heterocycles. The van der Waals surface area contributed by atoms with E-state index < -0.39 is 11.7 Å². The summed E-state index contributed by atoms with van der Waals surface area (Å²) < 4.78 is 22.4. The number of ether oxygens (including phenoxy) is 1. The first-order valence-corrected chi connectivity index (χ1v) is 8.60. The van der Waals surface area contributed by atoms with E-state index in [1.807, 2.05) is 30.3 Å². The van der Waals surface area contributed by atoms with Crippen LogP contribution in [-0.2, 0) is 6.42 Å². The SMILES string of the molecule is COc1c(C(N)=O)cc(F)c(-n2ccc3ncncc32)c1Cc1ccccc1. The van der Waals surface area contributed by atoms with Crippen LogP contribution in [0.2, 0.25) is 0 Å². The molecule has 0 aliphatic rings. The van der Waals surface area contributed by atoms with Gasteiger partial charge in [0, 0.05) is 18.2 Å². The number of primary amides is 1. The fourth-order valence-corrected chi connectivity index (χ4v) is 3.38. The fraction of sp³-hybridized carbons (Fsp3) is 0.0952. The molecule has 4 rings (SSSR count). The summed E-state index contributed by atoms with van der Waals surface area (Å²) in [7, 11) is 1.44. The Balaban J connectivity index is 2.03.